The van der Waals surface area contributed by atoms with E-state index in [0.29, 0.717) is 21.1 Å². The zero-order chi connectivity index (χ0) is 23.4. The molecular weight excluding hydrogens is 465 g/mol. The Bertz CT molecular complexity index is 1370. The van der Waals surface area contributed by atoms with E-state index in [1.54, 1.807) is 42.7 Å². The molecule has 0 atom stereocenters. The van der Waals surface area contributed by atoms with E-state index in [9.17, 15) is 17.6 Å². The van der Waals surface area contributed by atoms with Crippen molar-refractivity contribution in [2.45, 2.75) is 17.9 Å². The Morgan fingerprint density at radius 2 is 1.82 bits per heavy atom. The number of fused-ring (bicyclic) bond motifs is 1. The molecule has 0 N–H and O–H groups in total. The number of anilines is 1. The molecule has 0 bridgehead atoms. The third-order valence-corrected chi connectivity index (χ3v) is 7.74. The molecule has 0 fully saturated rings. The van der Waals surface area contributed by atoms with Crippen molar-refractivity contribution in [2.75, 3.05) is 17.8 Å². The van der Waals surface area contributed by atoms with E-state index in [2.05, 4.69) is 9.97 Å². The highest BCUT2D eigenvalue weighted by Crippen LogP contribution is 2.31. The van der Waals surface area contributed by atoms with Crippen LogP contribution in [0.3, 0.4) is 0 Å². The van der Waals surface area contributed by atoms with Crippen molar-refractivity contribution in [3.05, 3.63) is 78.4 Å². The van der Waals surface area contributed by atoms with Gasteiger partial charge in [0.1, 0.15) is 11.6 Å². The molecule has 0 saturated carbocycles. The van der Waals surface area contributed by atoms with Crippen LogP contribution in [-0.4, -0.2) is 37.2 Å². The van der Waals surface area contributed by atoms with Gasteiger partial charge in [0, 0.05) is 18.8 Å². The lowest BCUT2D eigenvalue weighted by Crippen LogP contribution is -2.31. The van der Waals surface area contributed by atoms with Gasteiger partial charge in [0.25, 0.3) is 0 Å². The van der Waals surface area contributed by atoms with Crippen molar-refractivity contribution in [2.24, 2.45) is 0 Å². The summed E-state index contributed by atoms with van der Waals surface area (Å²) >= 11 is 1.18. The Hall–Kier alpha value is -3.37. The van der Waals surface area contributed by atoms with Crippen LogP contribution in [0.1, 0.15) is 12.0 Å². The molecule has 4 aromatic rings. The number of amides is 1. The highest BCUT2D eigenvalue weighted by Gasteiger charge is 2.24. The summed E-state index contributed by atoms with van der Waals surface area (Å²) in [6.45, 7) is 0.187. The maximum absolute atomic E-state index is 13.6. The monoisotopic (exact) mass is 485 g/mol. The molecule has 0 unspecified atom stereocenters. The number of methoxy groups -OCH3 is 1. The van der Waals surface area contributed by atoms with Gasteiger partial charge in [-0.25, -0.2) is 17.8 Å². The van der Waals surface area contributed by atoms with Gasteiger partial charge in [-0.3, -0.25) is 14.7 Å². The van der Waals surface area contributed by atoms with Crippen LogP contribution in [0.2, 0.25) is 0 Å². The predicted octanol–water partition coefficient (Wildman–Crippen LogP) is 4.24. The average molecular weight is 486 g/mol. The molecule has 2 aromatic carbocycles. The maximum Gasteiger partial charge on any atom is 0.230 e. The predicted molar refractivity (Wildman–Crippen MR) is 125 cm³/mol. The smallest absolute Gasteiger partial charge is 0.230 e. The van der Waals surface area contributed by atoms with Crippen molar-refractivity contribution >= 4 is 42.4 Å². The van der Waals surface area contributed by atoms with E-state index in [1.807, 2.05) is 0 Å². The third kappa shape index (κ3) is 5.35. The van der Waals surface area contributed by atoms with Crippen molar-refractivity contribution in [3.8, 4) is 5.75 Å². The molecule has 0 aliphatic heterocycles. The molecule has 1 amide bonds. The fourth-order valence-corrected chi connectivity index (χ4v) is 5.43. The molecule has 0 aliphatic carbocycles. The lowest BCUT2D eigenvalue weighted by atomic mass is 10.2. The topological polar surface area (TPSA) is 89.5 Å². The van der Waals surface area contributed by atoms with Crippen molar-refractivity contribution in [3.63, 3.8) is 0 Å². The van der Waals surface area contributed by atoms with Gasteiger partial charge < -0.3 is 4.74 Å². The Kier molecular flexibility index (Phi) is 6.66. The number of ether oxygens (including phenoxy) is 1. The maximum atomic E-state index is 13.6. The van der Waals surface area contributed by atoms with Crippen LogP contribution in [0.15, 0.2) is 71.9 Å². The molecule has 170 valence electrons. The number of pyridine rings is 1. The second kappa shape index (κ2) is 9.63. The molecule has 0 saturated heterocycles. The lowest BCUT2D eigenvalue weighted by molar-refractivity contribution is -0.118. The SMILES string of the molecule is COc1ccc(S(=O)(=O)CCC(=O)N(Cc2ccncc2)c2nc3ccc(F)cc3s2)cc1. The van der Waals surface area contributed by atoms with E-state index in [1.165, 1.54) is 47.6 Å². The molecule has 2 heterocycles. The van der Waals surface area contributed by atoms with Gasteiger partial charge in [-0.1, -0.05) is 11.3 Å². The summed E-state index contributed by atoms with van der Waals surface area (Å²) in [5, 5.41) is 0.374. The van der Waals surface area contributed by atoms with Gasteiger partial charge in [-0.05, 0) is 60.2 Å². The van der Waals surface area contributed by atoms with Gasteiger partial charge in [-0.15, -0.1) is 0 Å². The number of thiazole rings is 1. The van der Waals surface area contributed by atoms with Crippen LogP contribution in [0, 0.1) is 5.82 Å². The van der Waals surface area contributed by atoms with Gasteiger partial charge in [0.05, 0.1) is 34.5 Å². The zero-order valence-electron chi connectivity index (χ0n) is 17.6. The summed E-state index contributed by atoms with van der Waals surface area (Å²) in [6.07, 6.45) is 2.99. The molecule has 0 spiro atoms. The van der Waals surface area contributed by atoms with Crippen LogP contribution in [0.25, 0.3) is 10.2 Å². The van der Waals surface area contributed by atoms with Gasteiger partial charge >= 0.3 is 0 Å². The number of rotatable bonds is 8. The first-order chi connectivity index (χ1) is 15.9. The number of sulfone groups is 1. The Labute approximate surface area is 194 Å². The minimum Gasteiger partial charge on any atom is -0.497 e. The number of halogens is 1. The number of hydrogen-bond acceptors (Lipinski definition) is 7. The average Bonchev–Trinajstić information content (AvgIpc) is 3.24. The number of benzene rings is 2. The molecule has 7 nitrogen and oxygen atoms in total. The second-order valence-electron chi connectivity index (χ2n) is 7.19. The Morgan fingerprint density at radius 1 is 1.09 bits per heavy atom. The quantitative estimate of drug-likeness (QED) is 0.371. The fourth-order valence-electron chi connectivity index (χ4n) is 3.19. The first-order valence-corrected chi connectivity index (χ1v) is 12.4. The zero-order valence-corrected chi connectivity index (χ0v) is 19.3. The minimum absolute atomic E-state index is 0.118. The number of carbonyl (C=O) groups is 1. The summed E-state index contributed by atoms with van der Waals surface area (Å²) in [4.78, 5) is 23.2. The molecule has 33 heavy (non-hydrogen) atoms. The van der Waals surface area contributed by atoms with E-state index in [4.69, 9.17) is 4.74 Å². The summed E-state index contributed by atoms with van der Waals surface area (Å²) in [5.74, 6) is -0.607. The first kappa shape index (κ1) is 22.8. The fraction of sp³-hybridized carbons (Fsp3) is 0.174. The van der Waals surface area contributed by atoms with Crippen molar-refractivity contribution in [1.82, 2.24) is 9.97 Å². The lowest BCUT2D eigenvalue weighted by Gasteiger charge is -2.20. The summed E-state index contributed by atoms with van der Waals surface area (Å²) in [6, 6.07) is 13.8. The largest absolute Gasteiger partial charge is 0.497 e. The van der Waals surface area contributed by atoms with Crippen LogP contribution >= 0.6 is 11.3 Å². The van der Waals surface area contributed by atoms with Gasteiger partial charge in [-0.2, -0.15) is 0 Å². The molecule has 0 radical (unpaired) electrons. The number of hydrogen-bond donors (Lipinski definition) is 0. The number of aromatic nitrogens is 2. The van der Waals surface area contributed by atoms with E-state index in [-0.39, 0.29) is 23.6 Å². The molecule has 10 heteroatoms. The number of nitrogens with zero attached hydrogens (tertiary/aromatic N) is 3. The molecule has 4 rings (SSSR count). The minimum atomic E-state index is -3.68. The van der Waals surface area contributed by atoms with E-state index < -0.39 is 21.6 Å². The Morgan fingerprint density at radius 3 is 2.52 bits per heavy atom. The van der Waals surface area contributed by atoms with Gasteiger partial charge in [0.2, 0.25) is 5.91 Å². The Balaban J connectivity index is 1.58. The molecule has 2 aromatic heterocycles. The highest BCUT2D eigenvalue weighted by atomic mass is 32.2. The van der Waals surface area contributed by atoms with Crippen LogP contribution in [0.4, 0.5) is 9.52 Å². The van der Waals surface area contributed by atoms with E-state index >= 15 is 0 Å². The van der Waals surface area contributed by atoms with Crippen LogP contribution in [-0.2, 0) is 21.2 Å². The summed E-state index contributed by atoms with van der Waals surface area (Å²) < 4.78 is 44.8. The standard InChI is InChI=1S/C23H20FN3O4S2/c1-31-18-3-5-19(6-4-18)33(29,30)13-10-22(28)27(15-16-8-11-25-12-9-16)23-26-20-7-2-17(24)14-21(20)32-23/h2-9,11-12,14H,10,13,15H2,1H3. The third-order valence-electron chi connectivity index (χ3n) is 4.96. The normalized spacial score (nSPS) is 11.5. The van der Waals surface area contributed by atoms with Gasteiger partial charge in [0.15, 0.2) is 15.0 Å². The van der Waals surface area contributed by atoms with Crippen molar-refractivity contribution < 1.29 is 22.3 Å². The molecule has 0 aliphatic rings. The van der Waals surface area contributed by atoms with Crippen LogP contribution < -0.4 is 9.64 Å². The van der Waals surface area contributed by atoms with Crippen LogP contribution in [0.5, 0.6) is 5.75 Å². The molecular formula is C23H20FN3O4S2. The first-order valence-electron chi connectivity index (χ1n) is 9.98. The summed E-state index contributed by atoms with van der Waals surface area (Å²) in [5.41, 5.74) is 1.37. The van der Waals surface area contributed by atoms with E-state index in [0.717, 1.165) is 5.56 Å². The van der Waals surface area contributed by atoms with Crippen molar-refractivity contribution in [1.29, 1.82) is 0 Å². The second-order valence-corrected chi connectivity index (χ2v) is 10.3. The number of carbonyl (C=O) groups excluding carboxylic acids is 1. The highest BCUT2D eigenvalue weighted by molar-refractivity contribution is 7.91. The summed E-state index contributed by atoms with van der Waals surface area (Å²) in [7, 11) is -2.18.